The van der Waals surface area contributed by atoms with Crippen molar-refractivity contribution in [3.8, 4) is 22.6 Å². The van der Waals surface area contributed by atoms with Crippen LogP contribution in [0.4, 0.5) is 20.6 Å². The number of aryl methyl sites for hydroxylation is 1. The molecule has 0 atom stereocenters. The number of anilines is 2. The number of amides is 2. The maximum atomic E-state index is 13.1. The lowest BCUT2D eigenvalue weighted by Gasteiger charge is -2.12. The molecule has 0 unspecified atom stereocenters. The Labute approximate surface area is 218 Å². The number of nitrogens with zero attached hydrogens (tertiary/aromatic N) is 3. The lowest BCUT2D eigenvalue weighted by atomic mass is 10.00. The van der Waals surface area contributed by atoms with E-state index in [4.69, 9.17) is 10.5 Å². The first kappa shape index (κ1) is 23.6. The lowest BCUT2D eigenvalue weighted by Crippen LogP contribution is -2.22. The molecule has 4 N–H and O–H groups in total. The van der Waals surface area contributed by atoms with E-state index in [-0.39, 0.29) is 5.82 Å². The number of ether oxygens (including phenoxy) is 1. The predicted octanol–water partition coefficient (Wildman–Crippen LogP) is 6.23. The van der Waals surface area contributed by atoms with Crippen molar-refractivity contribution in [1.82, 2.24) is 14.6 Å². The van der Waals surface area contributed by atoms with Crippen molar-refractivity contribution in [2.75, 3.05) is 10.6 Å². The highest BCUT2D eigenvalue weighted by Gasteiger charge is 2.43. The Morgan fingerprint density at radius 2 is 1.74 bits per heavy atom. The van der Waals surface area contributed by atoms with Gasteiger partial charge in [-0.05, 0) is 79.4 Å². The number of benzene rings is 3. The number of nitrogens with two attached hydrogens (primary N) is 1. The number of carbonyl (C=O) groups is 1. The summed E-state index contributed by atoms with van der Waals surface area (Å²) >= 11 is 0. The number of nitrogens with one attached hydrogen (secondary N) is 2. The van der Waals surface area contributed by atoms with Gasteiger partial charge in [0, 0.05) is 29.2 Å². The smallest absolute Gasteiger partial charge is 0.323 e. The largest absolute Gasteiger partial charge is 0.457 e. The molecule has 2 heterocycles. The molecule has 38 heavy (non-hydrogen) atoms. The zero-order chi connectivity index (χ0) is 26.3. The molecule has 9 heteroatoms. The van der Waals surface area contributed by atoms with Crippen molar-refractivity contribution in [3.63, 3.8) is 0 Å². The van der Waals surface area contributed by atoms with Gasteiger partial charge in [-0.2, -0.15) is 5.10 Å². The van der Waals surface area contributed by atoms with Gasteiger partial charge in [0.05, 0.1) is 16.7 Å². The molecular weight excluding hydrogens is 483 g/mol. The van der Waals surface area contributed by atoms with Crippen LogP contribution in [0, 0.1) is 12.7 Å². The molecule has 1 fully saturated rings. The average molecular weight is 509 g/mol. The van der Waals surface area contributed by atoms with E-state index >= 15 is 0 Å². The van der Waals surface area contributed by atoms with Crippen molar-refractivity contribution in [2.45, 2.75) is 25.3 Å². The van der Waals surface area contributed by atoms with Crippen molar-refractivity contribution in [3.05, 3.63) is 102 Å². The fourth-order valence-electron chi connectivity index (χ4n) is 4.52. The molecule has 5 aromatic rings. The average Bonchev–Trinajstić information content (AvgIpc) is 3.56. The highest BCUT2D eigenvalue weighted by atomic mass is 19.1. The summed E-state index contributed by atoms with van der Waals surface area (Å²) in [5, 5.41) is 10.0. The molecule has 8 nitrogen and oxygen atoms in total. The first-order chi connectivity index (χ1) is 18.4. The third kappa shape index (κ3) is 4.67. The van der Waals surface area contributed by atoms with Gasteiger partial charge in [-0.25, -0.2) is 18.7 Å². The molecule has 6 rings (SSSR count). The number of hydrogen-bond donors (Lipinski definition) is 3. The minimum absolute atomic E-state index is 0.337. The molecule has 1 aliphatic carbocycles. The second-order valence-electron chi connectivity index (χ2n) is 9.49. The van der Waals surface area contributed by atoms with Gasteiger partial charge in [-0.3, -0.25) is 0 Å². The molecule has 190 valence electrons. The summed E-state index contributed by atoms with van der Waals surface area (Å²) in [6.07, 6.45) is 5.34. The van der Waals surface area contributed by atoms with Crippen LogP contribution in [0.5, 0.6) is 11.5 Å². The number of aromatic nitrogens is 3. The molecular formula is C29H25FN6O2. The number of urea groups is 1. The molecule has 0 radical (unpaired) electrons. The number of fused-ring (bicyclic) bond motifs is 1. The summed E-state index contributed by atoms with van der Waals surface area (Å²) in [5.74, 6) is 0.676. The minimum atomic E-state index is -0.398. The Bertz CT molecular complexity index is 1640. The van der Waals surface area contributed by atoms with Crippen molar-refractivity contribution >= 4 is 22.9 Å². The van der Waals surface area contributed by atoms with Crippen LogP contribution < -0.4 is 21.1 Å². The molecule has 2 aromatic heterocycles. The molecule has 2 amide bonds. The van der Waals surface area contributed by atoms with Gasteiger partial charge in [0.2, 0.25) is 0 Å². The number of carbonyl (C=O) groups excluding carboxylic acids is 1. The number of rotatable bonds is 6. The summed E-state index contributed by atoms with van der Waals surface area (Å²) in [6, 6.07) is 19.9. The number of hydrogen-bond acceptors (Lipinski definition) is 5. The normalized spacial score (nSPS) is 13.8. The molecule has 0 spiro atoms. The van der Waals surface area contributed by atoms with Crippen LogP contribution in [-0.4, -0.2) is 20.6 Å². The van der Waals surface area contributed by atoms with Gasteiger partial charge in [-0.15, -0.1) is 0 Å². The Morgan fingerprint density at radius 3 is 2.47 bits per heavy atom. The topological polar surface area (TPSA) is 107 Å². The summed E-state index contributed by atoms with van der Waals surface area (Å²) < 4.78 is 20.7. The zero-order valence-corrected chi connectivity index (χ0v) is 20.6. The third-order valence-electron chi connectivity index (χ3n) is 6.60. The van der Waals surface area contributed by atoms with Gasteiger partial charge >= 0.3 is 6.03 Å². The second-order valence-corrected chi connectivity index (χ2v) is 9.49. The van der Waals surface area contributed by atoms with Gasteiger partial charge < -0.3 is 21.1 Å². The third-order valence-corrected chi connectivity index (χ3v) is 6.60. The molecule has 3 aromatic carbocycles. The Kier molecular flexibility index (Phi) is 5.77. The van der Waals surface area contributed by atoms with Crippen LogP contribution in [0.1, 0.15) is 24.1 Å². The van der Waals surface area contributed by atoms with Gasteiger partial charge in [0.15, 0.2) is 0 Å². The van der Waals surface area contributed by atoms with Crippen LogP contribution in [-0.2, 0) is 5.54 Å². The van der Waals surface area contributed by atoms with Crippen molar-refractivity contribution < 1.29 is 13.9 Å². The van der Waals surface area contributed by atoms with E-state index in [1.807, 2.05) is 41.9 Å². The summed E-state index contributed by atoms with van der Waals surface area (Å²) in [4.78, 5) is 17.2. The first-order valence-corrected chi connectivity index (χ1v) is 12.2. The van der Waals surface area contributed by atoms with Crippen LogP contribution in [0.3, 0.4) is 0 Å². The van der Waals surface area contributed by atoms with Crippen LogP contribution >= 0.6 is 0 Å². The first-order valence-electron chi connectivity index (χ1n) is 12.2. The van der Waals surface area contributed by atoms with E-state index in [0.29, 0.717) is 22.9 Å². The summed E-state index contributed by atoms with van der Waals surface area (Å²) in [7, 11) is 0. The summed E-state index contributed by atoms with van der Waals surface area (Å²) in [5.41, 5.74) is 12.2. The van der Waals surface area contributed by atoms with E-state index in [0.717, 1.165) is 40.7 Å². The van der Waals surface area contributed by atoms with E-state index in [1.54, 1.807) is 30.6 Å². The van der Waals surface area contributed by atoms with Crippen LogP contribution in [0.2, 0.25) is 0 Å². The quantitative estimate of drug-likeness (QED) is 0.252. The monoisotopic (exact) mass is 508 g/mol. The van der Waals surface area contributed by atoms with Gasteiger partial charge in [0.25, 0.3) is 0 Å². The summed E-state index contributed by atoms with van der Waals surface area (Å²) in [6.45, 7) is 2.04. The van der Waals surface area contributed by atoms with Crippen LogP contribution in [0.25, 0.3) is 16.6 Å². The molecule has 0 bridgehead atoms. The Balaban J connectivity index is 1.16. The van der Waals surface area contributed by atoms with E-state index in [2.05, 4.69) is 20.7 Å². The fourth-order valence-corrected chi connectivity index (χ4v) is 4.52. The van der Waals surface area contributed by atoms with E-state index in [1.165, 1.54) is 24.3 Å². The van der Waals surface area contributed by atoms with Gasteiger partial charge in [-0.1, -0.05) is 18.2 Å². The van der Waals surface area contributed by atoms with E-state index < -0.39 is 11.6 Å². The maximum Gasteiger partial charge on any atom is 0.323 e. The molecule has 0 saturated heterocycles. The SMILES string of the molecule is Cc1cn2ncnc(C3(N)CC3)c2c1-c1ccc(NC(=O)Nc2cccc(Oc3ccc(F)cc3)c2)cc1. The standard InChI is InChI=1S/C29H25FN6O2/c1-18-16-36-26(27(32-17-33-36)29(31)13-14-29)25(18)19-5-9-21(10-6-19)34-28(37)35-22-3-2-4-24(15-22)38-23-11-7-20(30)8-12-23/h2-12,15-17H,13-14,31H2,1H3,(H2,34,35,37). The molecule has 0 aliphatic heterocycles. The zero-order valence-electron chi connectivity index (χ0n) is 20.6. The van der Waals surface area contributed by atoms with Gasteiger partial charge in [0.1, 0.15) is 23.6 Å². The Morgan fingerprint density at radius 1 is 1.00 bits per heavy atom. The van der Waals surface area contributed by atoms with Crippen LogP contribution in [0.15, 0.2) is 85.3 Å². The fraction of sp³-hybridized carbons (Fsp3) is 0.138. The highest BCUT2D eigenvalue weighted by Crippen LogP contribution is 2.45. The molecule has 1 aliphatic rings. The predicted molar refractivity (Wildman–Crippen MR) is 144 cm³/mol. The number of halogens is 1. The van der Waals surface area contributed by atoms with Crippen molar-refractivity contribution in [2.24, 2.45) is 5.73 Å². The highest BCUT2D eigenvalue weighted by molar-refractivity contribution is 6.00. The lowest BCUT2D eigenvalue weighted by molar-refractivity contribution is 0.262. The molecule has 1 saturated carbocycles. The maximum absolute atomic E-state index is 13.1. The second kappa shape index (κ2) is 9.28. The van der Waals surface area contributed by atoms with Crippen molar-refractivity contribution in [1.29, 1.82) is 0 Å². The Hall–Kier alpha value is -4.76. The minimum Gasteiger partial charge on any atom is -0.457 e. The van der Waals surface area contributed by atoms with E-state index in [9.17, 15) is 9.18 Å².